The van der Waals surface area contributed by atoms with Crippen molar-refractivity contribution >= 4 is 28.8 Å². The Bertz CT molecular complexity index is 786. The van der Waals surface area contributed by atoms with Gasteiger partial charge in [-0.1, -0.05) is 24.3 Å². The maximum atomic E-state index is 12.4. The second-order valence-corrected chi connectivity index (χ2v) is 6.91. The third-order valence-electron chi connectivity index (χ3n) is 3.61. The fraction of sp³-hybridized carbons (Fsp3) is 0.350. The minimum atomic E-state index is -0.315. The third kappa shape index (κ3) is 5.41. The number of hydrogen-bond donors (Lipinski definition) is 1. The molecule has 0 aliphatic carbocycles. The quantitative estimate of drug-likeness (QED) is 0.852. The van der Waals surface area contributed by atoms with Gasteiger partial charge in [0, 0.05) is 35.3 Å². The smallest absolute Gasteiger partial charge is 0.247 e. The molecule has 2 amide bonds. The highest BCUT2D eigenvalue weighted by atomic mass is 16.2. The molecule has 0 saturated heterocycles. The molecule has 0 atom stereocenters. The fourth-order valence-corrected chi connectivity index (χ4v) is 2.51. The van der Waals surface area contributed by atoms with Crippen molar-refractivity contribution in [2.45, 2.75) is 33.2 Å². The lowest BCUT2D eigenvalue weighted by atomic mass is 10.1. The summed E-state index contributed by atoms with van der Waals surface area (Å²) < 4.78 is 0. The summed E-state index contributed by atoms with van der Waals surface area (Å²) in [5, 5.41) is 3.89. The van der Waals surface area contributed by atoms with Gasteiger partial charge in [-0.2, -0.15) is 0 Å². The van der Waals surface area contributed by atoms with Crippen molar-refractivity contribution in [1.82, 2.24) is 15.2 Å². The van der Waals surface area contributed by atoms with Crippen molar-refractivity contribution in [3.63, 3.8) is 0 Å². The van der Waals surface area contributed by atoms with Gasteiger partial charge < -0.3 is 10.2 Å². The molecule has 5 nitrogen and oxygen atoms in total. The van der Waals surface area contributed by atoms with Crippen LogP contribution in [0.3, 0.4) is 0 Å². The second-order valence-electron chi connectivity index (χ2n) is 6.91. The normalized spacial score (nSPS) is 11.7. The minimum absolute atomic E-state index is 0.0464. The first-order valence-corrected chi connectivity index (χ1v) is 8.42. The first-order chi connectivity index (χ1) is 11.8. The van der Waals surface area contributed by atoms with E-state index in [9.17, 15) is 9.59 Å². The van der Waals surface area contributed by atoms with Gasteiger partial charge >= 0.3 is 0 Å². The van der Waals surface area contributed by atoms with Gasteiger partial charge in [0.15, 0.2) is 0 Å². The zero-order chi connectivity index (χ0) is 18.4. The van der Waals surface area contributed by atoms with Crippen molar-refractivity contribution in [3.05, 3.63) is 48.2 Å². The number of aromatic nitrogens is 1. The van der Waals surface area contributed by atoms with Gasteiger partial charge in [0.1, 0.15) is 0 Å². The molecule has 2 aromatic rings. The van der Waals surface area contributed by atoms with Crippen molar-refractivity contribution in [1.29, 1.82) is 0 Å². The van der Waals surface area contributed by atoms with E-state index in [1.54, 1.807) is 12.3 Å². The molecule has 1 aromatic heterocycles. The van der Waals surface area contributed by atoms with Crippen molar-refractivity contribution in [2.75, 3.05) is 13.1 Å². The van der Waals surface area contributed by atoms with Crippen LogP contribution in [0.25, 0.3) is 17.0 Å². The van der Waals surface area contributed by atoms with Gasteiger partial charge in [0.25, 0.3) is 0 Å². The Balaban J connectivity index is 2.10. The SMILES string of the molecule is CCN(CC(=O)NC(C)(C)C)C(=O)/C=C/c1cccc2cccnc12. The zero-order valence-corrected chi connectivity index (χ0v) is 15.2. The standard InChI is InChI=1S/C20H25N3O2/c1-5-23(14-17(24)22-20(2,3)4)18(25)12-11-16-9-6-8-15-10-7-13-21-19(15)16/h6-13H,5,14H2,1-4H3,(H,22,24)/b12-11+. The number of nitrogens with zero attached hydrogens (tertiary/aromatic N) is 2. The predicted molar refractivity (Wildman–Crippen MR) is 101 cm³/mol. The molecule has 0 unspecified atom stereocenters. The largest absolute Gasteiger partial charge is 0.350 e. The summed E-state index contributed by atoms with van der Waals surface area (Å²) in [4.78, 5) is 30.3. The molecule has 0 bridgehead atoms. The molecule has 0 fully saturated rings. The Morgan fingerprint density at radius 3 is 2.60 bits per heavy atom. The first kappa shape index (κ1) is 18.6. The van der Waals surface area contributed by atoms with E-state index in [4.69, 9.17) is 0 Å². The maximum Gasteiger partial charge on any atom is 0.247 e. The zero-order valence-electron chi connectivity index (χ0n) is 15.2. The molecule has 25 heavy (non-hydrogen) atoms. The fourth-order valence-electron chi connectivity index (χ4n) is 2.51. The summed E-state index contributed by atoms with van der Waals surface area (Å²) in [7, 11) is 0. The van der Waals surface area contributed by atoms with E-state index in [1.807, 2.05) is 58.0 Å². The van der Waals surface area contributed by atoms with E-state index in [0.717, 1.165) is 16.5 Å². The number of nitrogens with one attached hydrogen (secondary N) is 1. The third-order valence-corrected chi connectivity index (χ3v) is 3.61. The lowest BCUT2D eigenvalue weighted by Crippen LogP contribution is -2.47. The summed E-state index contributed by atoms with van der Waals surface area (Å²) in [5.74, 6) is -0.359. The van der Waals surface area contributed by atoms with E-state index in [2.05, 4.69) is 10.3 Å². The number of para-hydroxylation sites is 1. The van der Waals surface area contributed by atoms with E-state index in [1.165, 1.54) is 11.0 Å². The van der Waals surface area contributed by atoms with Crippen LogP contribution in [0.15, 0.2) is 42.6 Å². The number of rotatable bonds is 5. The van der Waals surface area contributed by atoms with Crippen LogP contribution in [0.1, 0.15) is 33.3 Å². The number of hydrogen-bond acceptors (Lipinski definition) is 3. The van der Waals surface area contributed by atoms with Crippen LogP contribution in [-0.4, -0.2) is 40.3 Å². The number of amides is 2. The van der Waals surface area contributed by atoms with Crippen LogP contribution < -0.4 is 5.32 Å². The molecule has 5 heteroatoms. The Hall–Kier alpha value is -2.69. The molecule has 0 aliphatic rings. The number of benzene rings is 1. The molecule has 0 saturated carbocycles. The summed E-state index contributed by atoms with van der Waals surface area (Å²) in [5.41, 5.74) is 1.41. The van der Waals surface area contributed by atoms with E-state index in [0.29, 0.717) is 6.54 Å². The molecule has 1 aromatic carbocycles. The summed E-state index contributed by atoms with van der Waals surface area (Å²) >= 11 is 0. The monoisotopic (exact) mass is 339 g/mol. The Kier molecular flexibility index (Phi) is 5.91. The summed E-state index contributed by atoms with van der Waals surface area (Å²) in [6.45, 7) is 8.11. The molecule has 0 spiro atoms. The van der Waals surface area contributed by atoms with Crippen LogP contribution >= 0.6 is 0 Å². The minimum Gasteiger partial charge on any atom is -0.350 e. The second kappa shape index (κ2) is 7.92. The molecule has 1 heterocycles. The van der Waals surface area contributed by atoms with Crippen LogP contribution in [0, 0.1) is 0 Å². The molecule has 0 radical (unpaired) electrons. The highest BCUT2D eigenvalue weighted by Crippen LogP contribution is 2.17. The lowest BCUT2D eigenvalue weighted by molar-refractivity contribution is -0.132. The predicted octanol–water partition coefficient (Wildman–Crippen LogP) is 3.01. The number of pyridine rings is 1. The molecule has 1 N–H and O–H groups in total. The molecular weight excluding hydrogens is 314 g/mol. The van der Waals surface area contributed by atoms with Crippen LogP contribution in [0.2, 0.25) is 0 Å². The van der Waals surface area contributed by atoms with Crippen molar-refractivity contribution < 1.29 is 9.59 Å². The van der Waals surface area contributed by atoms with Crippen molar-refractivity contribution in [3.8, 4) is 0 Å². The molecule has 2 rings (SSSR count). The highest BCUT2D eigenvalue weighted by molar-refractivity contribution is 5.97. The molecular formula is C20H25N3O2. The van der Waals surface area contributed by atoms with Crippen molar-refractivity contribution in [2.24, 2.45) is 0 Å². The van der Waals surface area contributed by atoms with Crippen LogP contribution in [-0.2, 0) is 9.59 Å². The lowest BCUT2D eigenvalue weighted by Gasteiger charge is -2.24. The van der Waals surface area contributed by atoms with E-state index >= 15 is 0 Å². The first-order valence-electron chi connectivity index (χ1n) is 8.42. The van der Waals surface area contributed by atoms with Crippen LogP contribution in [0.5, 0.6) is 0 Å². The highest BCUT2D eigenvalue weighted by Gasteiger charge is 2.18. The number of carbonyl (C=O) groups excluding carboxylic acids is 2. The number of likely N-dealkylation sites (N-methyl/N-ethyl adjacent to an activating group) is 1. The van der Waals surface area contributed by atoms with E-state index < -0.39 is 0 Å². The summed E-state index contributed by atoms with van der Waals surface area (Å²) in [6, 6.07) is 9.70. The average molecular weight is 339 g/mol. The Morgan fingerprint density at radius 1 is 1.20 bits per heavy atom. The Labute approximate surface area is 148 Å². The number of fused-ring (bicyclic) bond motifs is 1. The van der Waals surface area contributed by atoms with Gasteiger partial charge in [0.05, 0.1) is 12.1 Å². The molecule has 0 aliphatic heterocycles. The average Bonchev–Trinajstić information content (AvgIpc) is 2.56. The van der Waals surface area contributed by atoms with Crippen LogP contribution in [0.4, 0.5) is 0 Å². The molecule has 132 valence electrons. The summed E-state index contributed by atoms with van der Waals surface area (Å²) in [6.07, 6.45) is 4.98. The topological polar surface area (TPSA) is 62.3 Å². The Morgan fingerprint density at radius 2 is 1.92 bits per heavy atom. The van der Waals surface area contributed by atoms with Gasteiger partial charge in [-0.05, 0) is 39.8 Å². The van der Waals surface area contributed by atoms with E-state index in [-0.39, 0.29) is 23.9 Å². The van der Waals surface area contributed by atoms with Gasteiger partial charge in [0.2, 0.25) is 11.8 Å². The van der Waals surface area contributed by atoms with Gasteiger partial charge in [-0.25, -0.2) is 0 Å². The van der Waals surface area contributed by atoms with Gasteiger partial charge in [-0.15, -0.1) is 0 Å². The number of carbonyl (C=O) groups is 2. The van der Waals surface area contributed by atoms with Gasteiger partial charge in [-0.3, -0.25) is 14.6 Å². The maximum absolute atomic E-state index is 12.4.